The van der Waals surface area contributed by atoms with Gasteiger partial charge in [-0.15, -0.1) is 0 Å². The maximum absolute atomic E-state index is 10.8. The van der Waals surface area contributed by atoms with E-state index in [2.05, 4.69) is 15.0 Å². The molecule has 0 amide bonds. The van der Waals surface area contributed by atoms with Crippen LogP contribution in [0.4, 0.5) is 11.5 Å². The number of hydrogen-bond donors (Lipinski definition) is 2. The number of nitrogens with zero attached hydrogens (tertiary/aromatic N) is 2. The lowest BCUT2D eigenvalue weighted by molar-refractivity contribution is -0.385. The lowest BCUT2D eigenvalue weighted by Crippen LogP contribution is -2.27. The molecular weight excluding hydrogens is 260 g/mol. The monoisotopic (exact) mass is 274 g/mol. The lowest BCUT2D eigenvalue weighted by Gasteiger charge is -2.06. The van der Waals surface area contributed by atoms with Gasteiger partial charge in [0, 0.05) is 18.7 Å². The third kappa shape index (κ3) is 4.63. The molecule has 1 heterocycles. The Morgan fingerprint density at radius 3 is 2.61 bits per heavy atom. The van der Waals surface area contributed by atoms with Crippen LogP contribution >= 0.6 is 0 Å². The molecule has 2 N–H and O–H groups in total. The molecule has 1 aromatic rings. The first kappa shape index (κ1) is 14.3. The molecule has 8 nitrogen and oxygen atoms in total. The highest BCUT2D eigenvalue weighted by Crippen LogP contribution is 2.18. The fourth-order valence-corrected chi connectivity index (χ4v) is 1.74. The molecule has 0 bridgehead atoms. The highest BCUT2D eigenvalue weighted by molar-refractivity contribution is 7.88. The van der Waals surface area contributed by atoms with Crippen molar-refractivity contribution in [3.8, 4) is 0 Å². The molecule has 1 rings (SSSR count). The molecule has 18 heavy (non-hydrogen) atoms. The smallest absolute Gasteiger partial charge is 0.290 e. The highest BCUT2D eigenvalue weighted by atomic mass is 32.2. The van der Waals surface area contributed by atoms with Crippen molar-refractivity contribution in [2.24, 2.45) is 0 Å². The Morgan fingerprint density at radius 1 is 1.44 bits per heavy atom. The lowest BCUT2D eigenvalue weighted by atomic mass is 10.2. The maximum Gasteiger partial charge on any atom is 0.290 e. The number of nitro groups is 1. The second-order valence-electron chi connectivity index (χ2n) is 3.71. The molecular formula is C9H14N4O4S. The summed E-state index contributed by atoms with van der Waals surface area (Å²) in [5.41, 5.74) is 0.448. The molecule has 1 aromatic heterocycles. The normalized spacial score (nSPS) is 11.2. The summed E-state index contributed by atoms with van der Waals surface area (Å²) in [6.45, 7) is 2.17. The largest absolute Gasteiger partial charge is 0.369 e. The van der Waals surface area contributed by atoms with Crippen LogP contribution in [0.15, 0.2) is 12.3 Å². The summed E-state index contributed by atoms with van der Waals surface area (Å²) in [6, 6.07) is 1.54. The zero-order chi connectivity index (χ0) is 13.8. The quantitative estimate of drug-likeness (QED) is 0.437. The van der Waals surface area contributed by atoms with E-state index in [-0.39, 0.29) is 12.2 Å². The number of aryl methyl sites for hydroxylation is 1. The van der Waals surface area contributed by atoms with Gasteiger partial charge in [-0.1, -0.05) is 0 Å². The van der Waals surface area contributed by atoms with Gasteiger partial charge in [0.15, 0.2) is 0 Å². The third-order valence-electron chi connectivity index (χ3n) is 2.08. The topological polar surface area (TPSA) is 114 Å². The van der Waals surface area contributed by atoms with Gasteiger partial charge < -0.3 is 5.32 Å². The van der Waals surface area contributed by atoms with Crippen LogP contribution in [-0.2, 0) is 10.0 Å². The van der Waals surface area contributed by atoms with Gasteiger partial charge in [-0.25, -0.2) is 18.1 Å². The van der Waals surface area contributed by atoms with Crippen molar-refractivity contribution < 1.29 is 13.3 Å². The molecule has 0 unspecified atom stereocenters. The summed E-state index contributed by atoms with van der Waals surface area (Å²) in [5.74, 6) is 0.466. The molecule has 0 saturated heterocycles. The van der Waals surface area contributed by atoms with Gasteiger partial charge in [-0.05, 0) is 13.0 Å². The second-order valence-corrected chi connectivity index (χ2v) is 5.54. The van der Waals surface area contributed by atoms with E-state index in [4.69, 9.17) is 0 Å². The Morgan fingerprint density at radius 2 is 2.11 bits per heavy atom. The molecule has 0 atom stereocenters. The summed E-state index contributed by atoms with van der Waals surface area (Å²) >= 11 is 0. The van der Waals surface area contributed by atoms with Crippen LogP contribution in [0, 0.1) is 17.0 Å². The summed E-state index contributed by atoms with van der Waals surface area (Å²) in [4.78, 5) is 13.9. The average Bonchev–Trinajstić information content (AvgIpc) is 2.22. The van der Waals surface area contributed by atoms with Crippen molar-refractivity contribution in [2.45, 2.75) is 6.92 Å². The van der Waals surface area contributed by atoms with E-state index in [1.54, 1.807) is 13.0 Å². The van der Waals surface area contributed by atoms with Gasteiger partial charge in [-0.2, -0.15) is 0 Å². The van der Waals surface area contributed by atoms with Crippen molar-refractivity contribution in [3.63, 3.8) is 0 Å². The van der Waals surface area contributed by atoms with Gasteiger partial charge >= 0.3 is 0 Å². The first-order valence-electron chi connectivity index (χ1n) is 5.09. The van der Waals surface area contributed by atoms with E-state index in [0.29, 0.717) is 17.9 Å². The van der Waals surface area contributed by atoms with Crippen LogP contribution < -0.4 is 10.0 Å². The first-order chi connectivity index (χ1) is 8.29. The van der Waals surface area contributed by atoms with Crippen LogP contribution in [0.25, 0.3) is 0 Å². The first-order valence-corrected chi connectivity index (χ1v) is 6.98. The van der Waals surface area contributed by atoms with Crippen molar-refractivity contribution in [1.82, 2.24) is 9.71 Å². The van der Waals surface area contributed by atoms with Gasteiger partial charge in [0.25, 0.3) is 5.69 Å². The molecule has 0 radical (unpaired) electrons. The van der Waals surface area contributed by atoms with E-state index in [1.165, 1.54) is 6.20 Å². The van der Waals surface area contributed by atoms with Crippen LogP contribution in [0.3, 0.4) is 0 Å². The van der Waals surface area contributed by atoms with Crippen molar-refractivity contribution in [1.29, 1.82) is 0 Å². The molecule has 0 aliphatic rings. The molecule has 0 aliphatic heterocycles. The second kappa shape index (κ2) is 5.74. The highest BCUT2D eigenvalue weighted by Gasteiger charge is 2.11. The third-order valence-corrected chi connectivity index (χ3v) is 2.80. The number of pyridine rings is 1. The van der Waals surface area contributed by atoms with E-state index in [0.717, 1.165) is 6.26 Å². The summed E-state index contributed by atoms with van der Waals surface area (Å²) < 4.78 is 23.9. The molecule has 0 fully saturated rings. The molecule has 9 heteroatoms. The summed E-state index contributed by atoms with van der Waals surface area (Å²) in [6.07, 6.45) is 2.24. The number of hydrogen-bond acceptors (Lipinski definition) is 6. The average molecular weight is 274 g/mol. The predicted molar refractivity (Wildman–Crippen MR) is 67.0 cm³/mol. The van der Waals surface area contributed by atoms with Crippen LogP contribution in [-0.4, -0.2) is 37.7 Å². The molecule has 0 aliphatic carbocycles. The van der Waals surface area contributed by atoms with Gasteiger partial charge in [0.2, 0.25) is 10.0 Å². The molecule has 100 valence electrons. The van der Waals surface area contributed by atoms with Crippen LogP contribution in [0.1, 0.15) is 5.56 Å². The van der Waals surface area contributed by atoms with Crippen molar-refractivity contribution in [3.05, 3.63) is 27.9 Å². The Kier molecular flexibility index (Phi) is 4.56. The Hall–Kier alpha value is -1.74. The zero-order valence-electron chi connectivity index (χ0n) is 10.0. The van der Waals surface area contributed by atoms with Crippen molar-refractivity contribution >= 4 is 21.5 Å². The number of anilines is 1. The van der Waals surface area contributed by atoms with E-state index >= 15 is 0 Å². The minimum Gasteiger partial charge on any atom is -0.369 e. The fourth-order valence-electron chi connectivity index (χ4n) is 1.26. The van der Waals surface area contributed by atoms with E-state index < -0.39 is 14.9 Å². The van der Waals surface area contributed by atoms with Gasteiger partial charge in [0.1, 0.15) is 12.0 Å². The number of aromatic nitrogens is 1. The molecule has 0 aromatic carbocycles. The number of nitrogens with one attached hydrogen (secondary N) is 2. The zero-order valence-corrected chi connectivity index (χ0v) is 10.8. The summed E-state index contributed by atoms with van der Waals surface area (Å²) in [5, 5.41) is 13.4. The van der Waals surface area contributed by atoms with Crippen molar-refractivity contribution in [2.75, 3.05) is 24.7 Å². The Bertz CT molecular complexity index is 543. The SMILES string of the molecule is Cc1cc(NCCNS(C)(=O)=O)ncc1[N+](=O)[O-]. The minimum absolute atomic E-state index is 0.0465. The number of sulfonamides is 1. The minimum atomic E-state index is -3.20. The van der Waals surface area contributed by atoms with Gasteiger partial charge in [0.05, 0.1) is 11.2 Å². The maximum atomic E-state index is 10.8. The van der Waals surface area contributed by atoms with Crippen LogP contribution in [0.2, 0.25) is 0 Å². The Balaban J connectivity index is 2.54. The standard InChI is InChI=1S/C9H14N4O4S/c1-7-5-9(11-6-8(7)13(14)15)10-3-4-12-18(2,16)17/h5-6,12H,3-4H2,1-2H3,(H,10,11). The molecule has 0 saturated carbocycles. The predicted octanol–water partition coefficient (Wildman–Crippen LogP) is 0.259. The fraction of sp³-hybridized carbons (Fsp3) is 0.444. The van der Waals surface area contributed by atoms with E-state index in [1.807, 2.05) is 0 Å². The number of rotatable bonds is 6. The molecule has 0 spiro atoms. The van der Waals surface area contributed by atoms with E-state index in [9.17, 15) is 18.5 Å². The van der Waals surface area contributed by atoms with Gasteiger partial charge in [-0.3, -0.25) is 10.1 Å². The summed E-state index contributed by atoms with van der Waals surface area (Å²) in [7, 11) is -3.20. The Labute approximate surface area is 105 Å². The van der Waals surface area contributed by atoms with Crippen LogP contribution in [0.5, 0.6) is 0 Å².